The number of amides is 2. The molecule has 2 aromatic carbocycles. The number of aryl methyl sites for hydroxylation is 1. The van der Waals surface area contributed by atoms with Crippen LogP contribution in [0.25, 0.3) is 0 Å². The van der Waals surface area contributed by atoms with Gasteiger partial charge in [-0.1, -0.05) is 55.8 Å². The summed E-state index contributed by atoms with van der Waals surface area (Å²) in [5.41, 5.74) is 2.67. The van der Waals surface area contributed by atoms with E-state index in [2.05, 4.69) is 61.3 Å². The Labute approximate surface area is 203 Å². The monoisotopic (exact) mass is 463 g/mol. The molecule has 182 valence electrons. The second kappa shape index (κ2) is 10.2. The maximum atomic E-state index is 13.7. The SMILES string of the molecule is COc1ccc(CN2CCC3(CC2)C(=O)NC(CC(C)C)C(=O)N3Cc2cccc(C)c2)cc1. The number of carbonyl (C=O) groups excluding carboxylic acids is 2. The number of piperazine rings is 1. The molecule has 2 heterocycles. The Morgan fingerprint density at radius 1 is 1.03 bits per heavy atom. The Hall–Kier alpha value is -2.86. The van der Waals surface area contributed by atoms with Crippen molar-refractivity contribution in [2.75, 3.05) is 20.2 Å². The Bertz CT molecular complexity index is 1010. The zero-order valence-electron chi connectivity index (χ0n) is 20.8. The molecule has 0 aromatic heterocycles. The van der Waals surface area contributed by atoms with E-state index in [1.165, 1.54) is 5.56 Å². The number of hydrogen-bond acceptors (Lipinski definition) is 4. The summed E-state index contributed by atoms with van der Waals surface area (Å²) in [5.74, 6) is 1.24. The standard InChI is InChI=1S/C28H37N3O3/c1-20(2)16-25-26(32)31(19-23-7-5-6-21(3)17-23)28(27(33)29-25)12-14-30(15-13-28)18-22-8-10-24(34-4)11-9-22/h5-11,17,20,25H,12-16,18-19H2,1-4H3,(H,29,33). The van der Waals surface area contributed by atoms with Crippen LogP contribution in [0.2, 0.25) is 0 Å². The Morgan fingerprint density at radius 2 is 1.74 bits per heavy atom. The van der Waals surface area contributed by atoms with E-state index in [1.807, 2.05) is 23.1 Å². The van der Waals surface area contributed by atoms with Gasteiger partial charge in [-0.2, -0.15) is 0 Å². The number of piperidine rings is 1. The number of carbonyl (C=O) groups is 2. The first-order valence-corrected chi connectivity index (χ1v) is 12.3. The summed E-state index contributed by atoms with van der Waals surface area (Å²) in [6.07, 6.45) is 1.94. The van der Waals surface area contributed by atoms with E-state index in [4.69, 9.17) is 4.74 Å². The van der Waals surface area contributed by atoms with Crippen molar-refractivity contribution in [3.05, 3.63) is 65.2 Å². The summed E-state index contributed by atoms with van der Waals surface area (Å²) < 4.78 is 5.26. The van der Waals surface area contributed by atoms with Gasteiger partial charge in [0.1, 0.15) is 17.3 Å². The number of likely N-dealkylation sites (tertiary alicyclic amines) is 1. The van der Waals surface area contributed by atoms with Crippen molar-refractivity contribution in [1.29, 1.82) is 0 Å². The maximum absolute atomic E-state index is 13.7. The number of benzene rings is 2. The minimum Gasteiger partial charge on any atom is -0.497 e. The van der Waals surface area contributed by atoms with E-state index in [-0.39, 0.29) is 11.8 Å². The topological polar surface area (TPSA) is 61.9 Å². The van der Waals surface area contributed by atoms with E-state index < -0.39 is 11.6 Å². The quantitative estimate of drug-likeness (QED) is 0.676. The van der Waals surface area contributed by atoms with Gasteiger partial charge in [0.2, 0.25) is 11.8 Å². The van der Waals surface area contributed by atoms with E-state index >= 15 is 0 Å². The summed E-state index contributed by atoms with van der Waals surface area (Å²) in [5, 5.41) is 3.10. The predicted molar refractivity (Wildman–Crippen MR) is 133 cm³/mol. The third-order valence-electron chi connectivity index (χ3n) is 7.19. The van der Waals surface area contributed by atoms with Crippen LogP contribution in [0.4, 0.5) is 0 Å². The number of nitrogens with zero attached hydrogens (tertiary/aromatic N) is 2. The fourth-order valence-corrected chi connectivity index (χ4v) is 5.30. The molecule has 1 N–H and O–H groups in total. The van der Waals surface area contributed by atoms with Crippen LogP contribution < -0.4 is 10.1 Å². The van der Waals surface area contributed by atoms with Gasteiger partial charge in [-0.15, -0.1) is 0 Å². The summed E-state index contributed by atoms with van der Waals surface area (Å²) in [6.45, 7) is 9.07. The van der Waals surface area contributed by atoms with E-state index in [0.29, 0.717) is 31.7 Å². The van der Waals surface area contributed by atoms with Crippen LogP contribution >= 0.6 is 0 Å². The highest BCUT2D eigenvalue weighted by Crippen LogP contribution is 2.35. The first-order chi connectivity index (χ1) is 16.3. The average molecular weight is 464 g/mol. The molecular weight excluding hydrogens is 426 g/mol. The molecule has 0 radical (unpaired) electrons. The Kier molecular flexibility index (Phi) is 7.27. The van der Waals surface area contributed by atoms with Crippen LogP contribution in [0.1, 0.15) is 49.8 Å². The molecule has 1 atom stereocenters. The van der Waals surface area contributed by atoms with Gasteiger partial charge in [0.05, 0.1) is 7.11 Å². The normalized spacial score (nSPS) is 20.6. The van der Waals surface area contributed by atoms with Gasteiger partial charge < -0.3 is 15.0 Å². The molecule has 4 rings (SSSR count). The van der Waals surface area contributed by atoms with Crippen LogP contribution in [0.3, 0.4) is 0 Å². The van der Waals surface area contributed by atoms with Crippen molar-refractivity contribution < 1.29 is 14.3 Å². The number of ether oxygens (including phenoxy) is 1. The van der Waals surface area contributed by atoms with Crippen LogP contribution in [0, 0.1) is 12.8 Å². The lowest BCUT2D eigenvalue weighted by molar-refractivity contribution is -0.162. The van der Waals surface area contributed by atoms with Gasteiger partial charge in [0.15, 0.2) is 0 Å². The zero-order chi connectivity index (χ0) is 24.3. The Balaban J connectivity index is 1.53. The van der Waals surface area contributed by atoms with Gasteiger partial charge in [0.25, 0.3) is 0 Å². The largest absolute Gasteiger partial charge is 0.497 e. The van der Waals surface area contributed by atoms with E-state index in [0.717, 1.165) is 36.5 Å². The second-order valence-corrected chi connectivity index (χ2v) is 10.2. The number of rotatable bonds is 7. The third-order valence-corrected chi connectivity index (χ3v) is 7.19. The minimum atomic E-state index is -0.787. The first-order valence-electron chi connectivity index (χ1n) is 12.3. The molecule has 0 saturated carbocycles. The molecule has 2 saturated heterocycles. The minimum absolute atomic E-state index is 0.00880. The van der Waals surface area contributed by atoms with Gasteiger partial charge in [-0.25, -0.2) is 0 Å². The lowest BCUT2D eigenvalue weighted by atomic mass is 9.80. The maximum Gasteiger partial charge on any atom is 0.246 e. The van der Waals surface area contributed by atoms with Crippen LogP contribution in [-0.2, 0) is 22.7 Å². The molecule has 1 spiro atoms. The van der Waals surface area contributed by atoms with Gasteiger partial charge in [-0.3, -0.25) is 14.5 Å². The van der Waals surface area contributed by atoms with Crippen molar-refractivity contribution in [2.24, 2.45) is 5.92 Å². The van der Waals surface area contributed by atoms with Crippen molar-refractivity contribution in [1.82, 2.24) is 15.1 Å². The summed E-state index contributed by atoms with van der Waals surface area (Å²) in [4.78, 5) is 31.5. The highest BCUT2D eigenvalue weighted by atomic mass is 16.5. The lowest BCUT2D eigenvalue weighted by Crippen LogP contribution is -2.72. The molecule has 34 heavy (non-hydrogen) atoms. The van der Waals surface area contributed by atoms with Gasteiger partial charge >= 0.3 is 0 Å². The number of nitrogens with one attached hydrogen (secondary N) is 1. The molecule has 0 aliphatic carbocycles. The fourth-order valence-electron chi connectivity index (χ4n) is 5.30. The molecule has 2 aliphatic heterocycles. The third kappa shape index (κ3) is 5.12. The van der Waals surface area contributed by atoms with Crippen LogP contribution in [-0.4, -0.2) is 53.4 Å². The molecular formula is C28H37N3O3. The smallest absolute Gasteiger partial charge is 0.246 e. The molecule has 6 nitrogen and oxygen atoms in total. The molecule has 2 aromatic rings. The fraction of sp³-hybridized carbons (Fsp3) is 0.500. The summed E-state index contributed by atoms with van der Waals surface area (Å²) in [6, 6.07) is 15.9. The molecule has 1 unspecified atom stereocenters. The van der Waals surface area contributed by atoms with E-state index in [1.54, 1.807) is 7.11 Å². The average Bonchev–Trinajstić information content (AvgIpc) is 2.82. The number of hydrogen-bond donors (Lipinski definition) is 1. The highest BCUT2D eigenvalue weighted by molar-refractivity contribution is 6.00. The summed E-state index contributed by atoms with van der Waals surface area (Å²) >= 11 is 0. The molecule has 6 heteroatoms. The molecule has 2 fully saturated rings. The predicted octanol–water partition coefficient (Wildman–Crippen LogP) is 3.91. The zero-order valence-corrected chi connectivity index (χ0v) is 20.8. The summed E-state index contributed by atoms with van der Waals surface area (Å²) in [7, 11) is 1.67. The van der Waals surface area contributed by atoms with Crippen molar-refractivity contribution >= 4 is 11.8 Å². The van der Waals surface area contributed by atoms with Gasteiger partial charge in [-0.05, 0) is 55.4 Å². The van der Waals surface area contributed by atoms with Crippen molar-refractivity contribution in [3.63, 3.8) is 0 Å². The van der Waals surface area contributed by atoms with Crippen LogP contribution in [0.15, 0.2) is 48.5 Å². The van der Waals surface area contributed by atoms with Crippen LogP contribution in [0.5, 0.6) is 5.75 Å². The first kappa shape index (κ1) is 24.3. The lowest BCUT2D eigenvalue weighted by Gasteiger charge is -2.52. The van der Waals surface area contributed by atoms with E-state index in [9.17, 15) is 9.59 Å². The number of methoxy groups -OCH3 is 1. The second-order valence-electron chi connectivity index (χ2n) is 10.2. The van der Waals surface area contributed by atoms with Gasteiger partial charge in [0, 0.05) is 26.2 Å². The molecule has 2 aliphatic rings. The van der Waals surface area contributed by atoms with Crippen molar-refractivity contribution in [3.8, 4) is 5.75 Å². The highest BCUT2D eigenvalue weighted by Gasteiger charge is 2.53. The molecule has 0 bridgehead atoms. The Morgan fingerprint density at radius 3 is 2.35 bits per heavy atom. The van der Waals surface area contributed by atoms with Crippen molar-refractivity contribution in [2.45, 2.75) is 64.7 Å². The molecule has 2 amide bonds.